The van der Waals surface area contributed by atoms with Gasteiger partial charge < -0.3 is 4.57 Å². The van der Waals surface area contributed by atoms with Gasteiger partial charge in [0, 0.05) is 13.0 Å². The highest BCUT2D eigenvalue weighted by molar-refractivity contribution is 7.16. The Morgan fingerprint density at radius 1 is 1.30 bits per heavy atom. The molecular weight excluding hydrogens is 270 g/mol. The zero-order valence-electron chi connectivity index (χ0n) is 11.6. The van der Waals surface area contributed by atoms with Crippen LogP contribution in [0.2, 0.25) is 0 Å². The van der Waals surface area contributed by atoms with E-state index in [1.807, 2.05) is 23.7 Å². The third-order valence-corrected chi connectivity index (χ3v) is 5.07. The lowest BCUT2D eigenvalue weighted by molar-refractivity contribution is -0.125. The van der Waals surface area contributed by atoms with Crippen molar-refractivity contribution in [3.05, 3.63) is 29.1 Å². The smallest absolute Gasteiger partial charge is 0.243 e. The van der Waals surface area contributed by atoms with Crippen molar-refractivity contribution in [3.63, 3.8) is 0 Å². The molecule has 2 aromatic rings. The van der Waals surface area contributed by atoms with E-state index in [9.17, 15) is 4.79 Å². The molecule has 0 spiro atoms. The van der Waals surface area contributed by atoms with Crippen molar-refractivity contribution in [2.45, 2.75) is 32.1 Å². The van der Waals surface area contributed by atoms with E-state index in [0.29, 0.717) is 0 Å². The highest BCUT2D eigenvalue weighted by Gasteiger charge is 2.20. The molecule has 1 aromatic heterocycles. The molecule has 0 bridgehead atoms. The van der Waals surface area contributed by atoms with Gasteiger partial charge in [0.25, 0.3) is 0 Å². The number of nitrogens with zero attached hydrogens (tertiary/aromatic N) is 2. The Morgan fingerprint density at radius 2 is 2.05 bits per heavy atom. The SMILES string of the molecule is Cn1/c(=N/NC(=O)C2CCCCC2)sc2ccccc21. The van der Waals surface area contributed by atoms with Crippen LogP contribution in [0.25, 0.3) is 10.2 Å². The van der Waals surface area contributed by atoms with E-state index in [1.54, 1.807) is 11.3 Å². The van der Waals surface area contributed by atoms with Gasteiger partial charge in [-0.2, -0.15) is 0 Å². The first-order chi connectivity index (χ1) is 9.75. The minimum atomic E-state index is 0.0714. The lowest BCUT2D eigenvalue weighted by Gasteiger charge is -2.19. The summed E-state index contributed by atoms with van der Waals surface area (Å²) < 4.78 is 3.20. The van der Waals surface area contributed by atoms with Gasteiger partial charge in [0.2, 0.25) is 10.7 Å². The molecular formula is C15H19N3OS. The van der Waals surface area contributed by atoms with Gasteiger partial charge >= 0.3 is 0 Å². The minimum Gasteiger partial charge on any atom is -0.318 e. The Labute approximate surface area is 122 Å². The minimum absolute atomic E-state index is 0.0714. The van der Waals surface area contributed by atoms with Crippen molar-refractivity contribution in [2.24, 2.45) is 18.1 Å². The van der Waals surface area contributed by atoms with Crippen molar-refractivity contribution >= 4 is 27.5 Å². The summed E-state index contributed by atoms with van der Waals surface area (Å²) in [6, 6.07) is 8.17. The summed E-state index contributed by atoms with van der Waals surface area (Å²) in [5.41, 5.74) is 3.89. The Bertz CT molecular complexity index is 680. The topological polar surface area (TPSA) is 46.4 Å². The third-order valence-electron chi connectivity index (χ3n) is 3.95. The van der Waals surface area contributed by atoms with Crippen molar-refractivity contribution in [3.8, 4) is 0 Å². The summed E-state index contributed by atoms with van der Waals surface area (Å²) in [5, 5.41) is 4.30. The van der Waals surface area contributed by atoms with Crippen molar-refractivity contribution in [1.29, 1.82) is 0 Å². The number of carbonyl (C=O) groups is 1. The van der Waals surface area contributed by atoms with Crippen molar-refractivity contribution < 1.29 is 4.79 Å². The first-order valence-electron chi connectivity index (χ1n) is 7.14. The first kappa shape index (κ1) is 13.4. The molecule has 0 unspecified atom stereocenters. The summed E-state index contributed by atoms with van der Waals surface area (Å²) in [6.45, 7) is 0. The van der Waals surface area contributed by atoms with Crippen LogP contribution in [0.15, 0.2) is 29.4 Å². The molecule has 106 valence electrons. The monoisotopic (exact) mass is 289 g/mol. The maximum absolute atomic E-state index is 12.1. The number of aromatic nitrogens is 1. The summed E-state index contributed by atoms with van der Waals surface area (Å²) in [7, 11) is 1.98. The average molecular weight is 289 g/mol. The molecule has 0 radical (unpaired) electrons. The molecule has 1 aliphatic carbocycles. The highest BCUT2D eigenvalue weighted by Crippen LogP contribution is 2.23. The molecule has 1 fully saturated rings. The number of benzene rings is 1. The van der Waals surface area contributed by atoms with Gasteiger partial charge in [0.15, 0.2) is 0 Å². The second kappa shape index (κ2) is 5.79. The van der Waals surface area contributed by atoms with Crippen LogP contribution in [0.4, 0.5) is 0 Å². The van der Waals surface area contributed by atoms with E-state index in [2.05, 4.69) is 22.7 Å². The number of thiazole rings is 1. The van der Waals surface area contributed by atoms with Crippen molar-refractivity contribution in [2.75, 3.05) is 0 Å². The number of rotatable bonds is 2. The number of amides is 1. The largest absolute Gasteiger partial charge is 0.318 e. The number of aryl methyl sites for hydroxylation is 1. The van der Waals surface area contributed by atoms with Crippen LogP contribution in [-0.4, -0.2) is 10.5 Å². The van der Waals surface area contributed by atoms with E-state index in [4.69, 9.17) is 0 Å². The summed E-state index contributed by atoms with van der Waals surface area (Å²) in [5.74, 6) is 0.217. The van der Waals surface area contributed by atoms with Crippen LogP contribution >= 0.6 is 11.3 Å². The van der Waals surface area contributed by atoms with E-state index >= 15 is 0 Å². The second-order valence-corrected chi connectivity index (χ2v) is 6.34. The predicted molar refractivity (Wildman–Crippen MR) is 81.1 cm³/mol. The lowest BCUT2D eigenvalue weighted by atomic mass is 9.89. The number of hydrogen-bond acceptors (Lipinski definition) is 3. The molecule has 0 aliphatic heterocycles. The van der Waals surface area contributed by atoms with Gasteiger partial charge in [-0.25, -0.2) is 5.43 Å². The van der Waals surface area contributed by atoms with Crippen LogP contribution in [0, 0.1) is 5.92 Å². The molecule has 1 saturated carbocycles. The van der Waals surface area contributed by atoms with Crippen LogP contribution in [0.1, 0.15) is 32.1 Å². The highest BCUT2D eigenvalue weighted by atomic mass is 32.1. The molecule has 1 amide bonds. The maximum atomic E-state index is 12.1. The van der Waals surface area contributed by atoms with Crippen LogP contribution in [0.5, 0.6) is 0 Å². The van der Waals surface area contributed by atoms with Gasteiger partial charge in [0.1, 0.15) is 0 Å². The quantitative estimate of drug-likeness (QED) is 0.849. The van der Waals surface area contributed by atoms with Crippen molar-refractivity contribution in [1.82, 2.24) is 9.99 Å². The summed E-state index contributed by atoms with van der Waals surface area (Å²) >= 11 is 1.59. The second-order valence-electron chi connectivity index (χ2n) is 5.33. The first-order valence-corrected chi connectivity index (χ1v) is 7.95. The molecule has 5 heteroatoms. The van der Waals surface area contributed by atoms with Gasteiger partial charge in [-0.1, -0.05) is 42.7 Å². The molecule has 20 heavy (non-hydrogen) atoms. The van der Waals surface area contributed by atoms with Crippen LogP contribution < -0.4 is 10.2 Å². The van der Waals surface area contributed by atoms with E-state index in [1.165, 1.54) is 11.1 Å². The van der Waals surface area contributed by atoms with Crippen LogP contribution in [0.3, 0.4) is 0 Å². The Morgan fingerprint density at radius 3 is 2.80 bits per heavy atom. The standard InChI is InChI=1S/C15H19N3OS/c1-18-12-9-5-6-10-13(12)20-15(18)17-16-14(19)11-7-3-2-4-8-11/h5-6,9-11H,2-4,7-8H2,1H3,(H,16,19)/b17-15-. The zero-order valence-corrected chi connectivity index (χ0v) is 12.4. The number of hydrogen-bond donors (Lipinski definition) is 1. The summed E-state index contributed by atoms with van der Waals surface area (Å²) in [4.78, 5) is 12.9. The van der Waals surface area contributed by atoms with Gasteiger partial charge in [-0.05, 0) is 25.0 Å². The molecule has 0 atom stereocenters. The molecule has 1 aromatic carbocycles. The summed E-state index contributed by atoms with van der Waals surface area (Å²) in [6.07, 6.45) is 5.58. The number of para-hydroxylation sites is 1. The Hall–Kier alpha value is -1.62. The molecule has 1 N–H and O–H groups in total. The van der Waals surface area contributed by atoms with Gasteiger partial charge in [-0.15, -0.1) is 5.10 Å². The molecule has 4 nitrogen and oxygen atoms in total. The van der Waals surface area contributed by atoms with Gasteiger partial charge in [0.05, 0.1) is 10.2 Å². The fourth-order valence-corrected chi connectivity index (χ4v) is 3.73. The molecule has 1 heterocycles. The Balaban J connectivity index is 1.80. The zero-order chi connectivity index (χ0) is 13.9. The average Bonchev–Trinajstić information content (AvgIpc) is 2.83. The van der Waals surface area contributed by atoms with E-state index in [0.717, 1.165) is 36.0 Å². The van der Waals surface area contributed by atoms with Crippen LogP contribution in [-0.2, 0) is 11.8 Å². The maximum Gasteiger partial charge on any atom is 0.243 e. The number of fused-ring (bicyclic) bond motifs is 1. The van der Waals surface area contributed by atoms with Gasteiger partial charge in [-0.3, -0.25) is 4.79 Å². The number of nitrogens with one attached hydrogen (secondary N) is 1. The molecule has 0 saturated heterocycles. The fraction of sp³-hybridized carbons (Fsp3) is 0.467. The predicted octanol–water partition coefficient (Wildman–Crippen LogP) is 2.75. The van der Waals surface area contributed by atoms with E-state index in [-0.39, 0.29) is 11.8 Å². The third kappa shape index (κ3) is 2.63. The van der Waals surface area contributed by atoms with E-state index < -0.39 is 0 Å². The molecule has 1 aliphatic rings. The Kier molecular flexibility index (Phi) is 3.87. The fourth-order valence-electron chi connectivity index (χ4n) is 2.75. The number of carbonyl (C=O) groups excluding carboxylic acids is 1. The lowest BCUT2D eigenvalue weighted by Crippen LogP contribution is -2.30. The normalized spacial score (nSPS) is 17.6. The molecule has 3 rings (SSSR count).